The zero-order valence-corrected chi connectivity index (χ0v) is 10.9. The number of carbonyl (C=O) groups is 1. The molecule has 0 saturated carbocycles. The van der Waals surface area contributed by atoms with Gasteiger partial charge in [-0.2, -0.15) is 0 Å². The van der Waals surface area contributed by atoms with Crippen molar-refractivity contribution in [1.29, 1.82) is 0 Å². The number of carbonyl (C=O) groups excluding carboxylic acids is 1. The van der Waals surface area contributed by atoms with Gasteiger partial charge in [0.2, 0.25) is 0 Å². The summed E-state index contributed by atoms with van der Waals surface area (Å²) >= 11 is 0. The molecule has 0 bridgehead atoms. The molecule has 0 aliphatic carbocycles. The molecule has 0 aliphatic rings. The Kier molecular flexibility index (Phi) is 3.98. The Bertz CT molecular complexity index is 656. The van der Waals surface area contributed by atoms with E-state index in [4.69, 9.17) is 5.73 Å². The zero-order chi connectivity index (χ0) is 14.7. The van der Waals surface area contributed by atoms with Crippen LogP contribution in [0.4, 0.5) is 20.2 Å². The fourth-order valence-electron chi connectivity index (χ4n) is 1.84. The second-order valence-corrected chi connectivity index (χ2v) is 4.36. The summed E-state index contributed by atoms with van der Waals surface area (Å²) in [5.41, 5.74) is 6.05. The SMILES string of the molecule is CCc1cccc(NC(=O)c2cc(F)cc(N)c2F)c1. The number of anilines is 2. The first kappa shape index (κ1) is 14.0. The Hall–Kier alpha value is -2.43. The largest absolute Gasteiger partial charge is 0.396 e. The highest BCUT2D eigenvalue weighted by molar-refractivity contribution is 6.05. The van der Waals surface area contributed by atoms with Crippen LogP contribution in [0.1, 0.15) is 22.8 Å². The average Bonchev–Trinajstić information content (AvgIpc) is 2.43. The molecule has 0 heterocycles. The number of hydrogen-bond acceptors (Lipinski definition) is 2. The van der Waals surface area contributed by atoms with Gasteiger partial charge in [-0.1, -0.05) is 19.1 Å². The summed E-state index contributed by atoms with van der Waals surface area (Å²) in [5, 5.41) is 2.53. The summed E-state index contributed by atoms with van der Waals surface area (Å²) in [6.45, 7) is 1.98. The van der Waals surface area contributed by atoms with Gasteiger partial charge >= 0.3 is 0 Å². The maximum Gasteiger partial charge on any atom is 0.258 e. The Morgan fingerprint density at radius 2 is 2.00 bits per heavy atom. The van der Waals surface area contributed by atoms with Gasteiger partial charge in [0.15, 0.2) is 5.82 Å². The lowest BCUT2D eigenvalue weighted by molar-refractivity contribution is 0.102. The number of aryl methyl sites for hydroxylation is 1. The highest BCUT2D eigenvalue weighted by atomic mass is 19.1. The highest BCUT2D eigenvalue weighted by Crippen LogP contribution is 2.19. The number of benzene rings is 2. The molecule has 0 fully saturated rings. The summed E-state index contributed by atoms with van der Waals surface area (Å²) in [6.07, 6.45) is 0.811. The smallest absolute Gasteiger partial charge is 0.258 e. The molecule has 3 nitrogen and oxygen atoms in total. The van der Waals surface area contributed by atoms with Gasteiger partial charge in [0.1, 0.15) is 5.82 Å². The van der Waals surface area contributed by atoms with E-state index in [0.717, 1.165) is 24.1 Å². The maximum atomic E-state index is 13.7. The first-order chi connectivity index (χ1) is 9.51. The minimum atomic E-state index is -0.921. The molecular weight excluding hydrogens is 262 g/mol. The molecule has 2 aromatic rings. The average molecular weight is 276 g/mol. The first-order valence-corrected chi connectivity index (χ1v) is 6.16. The van der Waals surface area contributed by atoms with Crippen LogP contribution in [0, 0.1) is 11.6 Å². The lowest BCUT2D eigenvalue weighted by Gasteiger charge is -2.08. The molecular formula is C15H14F2N2O. The monoisotopic (exact) mass is 276 g/mol. The summed E-state index contributed by atoms with van der Waals surface area (Å²) in [4.78, 5) is 12.0. The fourth-order valence-corrected chi connectivity index (χ4v) is 1.84. The molecule has 0 aromatic heterocycles. The number of hydrogen-bond donors (Lipinski definition) is 2. The van der Waals surface area contributed by atoms with E-state index in [9.17, 15) is 13.6 Å². The molecule has 104 valence electrons. The molecule has 20 heavy (non-hydrogen) atoms. The van der Waals surface area contributed by atoms with Crippen molar-refractivity contribution < 1.29 is 13.6 Å². The van der Waals surface area contributed by atoms with Crippen molar-refractivity contribution in [3.8, 4) is 0 Å². The fraction of sp³-hybridized carbons (Fsp3) is 0.133. The van der Waals surface area contributed by atoms with Crippen LogP contribution in [-0.4, -0.2) is 5.91 Å². The third-order valence-electron chi connectivity index (χ3n) is 2.90. The summed E-state index contributed by atoms with van der Waals surface area (Å²) < 4.78 is 26.9. The molecule has 0 atom stereocenters. The first-order valence-electron chi connectivity index (χ1n) is 6.16. The predicted octanol–water partition coefficient (Wildman–Crippen LogP) is 3.36. The van der Waals surface area contributed by atoms with Crippen LogP contribution in [0.25, 0.3) is 0 Å². The second kappa shape index (κ2) is 5.69. The molecule has 0 aliphatic heterocycles. The number of nitrogens with one attached hydrogen (secondary N) is 1. The van der Waals surface area contributed by atoms with Gasteiger partial charge in [-0.25, -0.2) is 8.78 Å². The van der Waals surface area contributed by atoms with Crippen molar-refractivity contribution >= 4 is 17.3 Å². The maximum absolute atomic E-state index is 13.7. The van der Waals surface area contributed by atoms with Crippen LogP contribution in [0.2, 0.25) is 0 Å². The Balaban J connectivity index is 2.28. The van der Waals surface area contributed by atoms with E-state index >= 15 is 0 Å². The van der Waals surface area contributed by atoms with Crippen LogP contribution in [0.5, 0.6) is 0 Å². The van der Waals surface area contributed by atoms with E-state index in [0.29, 0.717) is 5.69 Å². The third kappa shape index (κ3) is 2.93. The number of rotatable bonds is 3. The summed E-state index contributed by atoms with van der Waals surface area (Å²) in [5.74, 6) is -2.41. The topological polar surface area (TPSA) is 55.1 Å². The third-order valence-corrected chi connectivity index (χ3v) is 2.90. The van der Waals surface area contributed by atoms with Crippen LogP contribution < -0.4 is 11.1 Å². The molecule has 0 saturated heterocycles. The van der Waals surface area contributed by atoms with Crippen molar-refractivity contribution in [2.24, 2.45) is 0 Å². The lowest BCUT2D eigenvalue weighted by Crippen LogP contribution is -2.15. The highest BCUT2D eigenvalue weighted by Gasteiger charge is 2.16. The molecule has 2 rings (SSSR count). The van der Waals surface area contributed by atoms with E-state index in [2.05, 4.69) is 5.32 Å². The van der Waals surface area contributed by atoms with E-state index < -0.39 is 28.8 Å². The van der Waals surface area contributed by atoms with Crippen LogP contribution in [0.3, 0.4) is 0 Å². The van der Waals surface area contributed by atoms with Gasteiger partial charge in [-0.15, -0.1) is 0 Å². The van der Waals surface area contributed by atoms with Crippen molar-refractivity contribution in [1.82, 2.24) is 0 Å². The molecule has 3 N–H and O–H groups in total. The van der Waals surface area contributed by atoms with Gasteiger partial charge in [0, 0.05) is 5.69 Å². The lowest BCUT2D eigenvalue weighted by atomic mass is 10.1. The van der Waals surface area contributed by atoms with Gasteiger partial charge in [0.05, 0.1) is 11.3 Å². The predicted molar refractivity (Wildman–Crippen MR) is 74.5 cm³/mol. The quantitative estimate of drug-likeness (QED) is 0.844. The van der Waals surface area contributed by atoms with Crippen molar-refractivity contribution in [2.75, 3.05) is 11.1 Å². The number of nitrogen functional groups attached to an aromatic ring is 1. The van der Waals surface area contributed by atoms with Crippen molar-refractivity contribution in [3.05, 3.63) is 59.2 Å². The summed E-state index contributed by atoms with van der Waals surface area (Å²) in [6, 6.07) is 8.81. The van der Waals surface area contributed by atoms with Crippen molar-refractivity contribution in [2.45, 2.75) is 13.3 Å². The van der Waals surface area contributed by atoms with E-state index in [1.165, 1.54) is 0 Å². The number of nitrogens with two attached hydrogens (primary N) is 1. The van der Waals surface area contributed by atoms with Gasteiger partial charge in [-0.3, -0.25) is 4.79 Å². The zero-order valence-electron chi connectivity index (χ0n) is 10.9. The Labute approximate surface area is 115 Å². The molecule has 2 aromatic carbocycles. The minimum Gasteiger partial charge on any atom is -0.396 e. The minimum absolute atomic E-state index is 0.391. The molecule has 1 amide bonds. The Morgan fingerprint density at radius 3 is 2.70 bits per heavy atom. The summed E-state index contributed by atoms with van der Waals surface area (Å²) in [7, 11) is 0. The van der Waals surface area contributed by atoms with Gasteiger partial charge in [0.25, 0.3) is 5.91 Å². The van der Waals surface area contributed by atoms with E-state index in [-0.39, 0.29) is 0 Å². The van der Waals surface area contributed by atoms with Gasteiger partial charge < -0.3 is 11.1 Å². The van der Waals surface area contributed by atoms with Crippen LogP contribution in [-0.2, 0) is 6.42 Å². The normalized spacial score (nSPS) is 10.3. The van der Waals surface area contributed by atoms with Crippen molar-refractivity contribution in [3.63, 3.8) is 0 Å². The van der Waals surface area contributed by atoms with Crippen LogP contribution >= 0.6 is 0 Å². The second-order valence-electron chi connectivity index (χ2n) is 4.36. The Morgan fingerprint density at radius 1 is 1.25 bits per heavy atom. The molecule has 5 heteroatoms. The number of amides is 1. The van der Waals surface area contributed by atoms with Crippen LogP contribution in [0.15, 0.2) is 36.4 Å². The molecule has 0 spiro atoms. The van der Waals surface area contributed by atoms with E-state index in [1.54, 1.807) is 18.2 Å². The number of halogens is 2. The molecule has 0 radical (unpaired) electrons. The van der Waals surface area contributed by atoms with E-state index in [1.807, 2.05) is 13.0 Å². The standard InChI is InChI=1S/C15H14F2N2O/c1-2-9-4-3-5-11(6-9)19-15(20)12-7-10(16)8-13(18)14(12)17/h3-8H,2,18H2,1H3,(H,19,20). The molecule has 0 unspecified atom stereocenters. The van der Waals surface area contributed by atoms with Gasteiger partial charge in [-0.05, 0) is 36.2 Å².